The lowest BCUT2D eigenvalue weighted by Crippen LogP contribution is -2.13. The van der Waals surface area contributed by atoms with Crippen LogP contribution in [0.1, 0.15) is 5.56 Å². The van der Waals surface area contributed by atoms with Crippen molar-refractivity contribution in [3.8, 4) is 11.3 Å². The Labute approximate surface area is 132 Å². The number of aromatic nitrogens is 2. The van der Waals surface area contributed by atoms with Crippen molar-refractivity contribution in [3.63, 3.8) is 0 Å². The molecule has 2 aromatic heterocycles. The molecule has 0 bridgehead atoms. The monoisotopic (exact) mass is 334 g/mol. The van der Waals surface area contributed by atoms with Crippen LogP contribution >= 0.6 is 11.3 Å². The number of nitrogens with one attached hydrogen (secondary N) is 2. The number of nitrogens with zero attached hydrogens (tertiary/aromatic N) is 1. The first kappa shape index (κ1) is 14.8. The fraction of sp³-hybridized carbons (Fsp3) is 0.0714. The van der Waals surface area contributed by atoms with Gasteiger partial charge in [-0.2, -0.15) is 16.4 Å². The van der Waals surface area contributed by atoms with Crippen molar-refractivity contribution in [1.82, 2.24) is 10.2 Å². The average Bonchev–Trinajstić information content (AvgIpc) is 3.20. The van der Waals surface area contributed by atoms with Gasteiger partial charge in [0, 0.05) is 23.7 Å². The first-order valence-corrected chi connectivity index (χ1v) is 8.91. The Hall–Kier alpha value is -2.16. The van der Waals surface area contributed by atoms with Crippen molar-refractivity contribution in [2.75, 3.05) is 4.72 Å². The summed E-state index contributed by atoms with van der Waals surface area (Å²) in [5.41, 5.74) is 8.29. The predicted octanol–water partition coefficient (Wildman–Crippen LogP) is 2.40. The Morgan fingerprint density at radius 3 is 2.77 bits per heavy atom. The fourth-order valence-electron chi connectivity index (χ4n) is 2.05. The van der Waals surface area contributed by atoms with E-state index in [9.17, 15) is 8.42 Å². The van der Waals surface area contributed by atoms with Crippen molar-refractivity contribution >= 4 is 27.0 Å². The molecule has 0 amide bonds. The van der Waals surface area contributed by atoms with Crippen molar-refractivity contribution < 1.29 is 8.42 Å². The lowest BCUT2D eigenvalue weighted by molar-refractivity contribution is 0.601. The molecule has 0 aliphatic carbocycles. The third-order valence-corrected chi connectivity index (χ3v) is 5.34. The van der Waals surface area contributed by atoms with Gasteiger partial charge in [0.25, 0.3) is 10.0 Å². The highest BCUT2D eigenvalue weighted by Gasteiger charge is 2.18. The van der Waals surface area contributed by atoms with Crippen molar-refractivity contribution in [2.45, 2.75) is 11.4 Å². The van der Waals surface area contributed by atoms with Crippen LogP contribution in [-0.4, -0.2) is 18.6 Å². The SMILES string of the molecule is NCc1ccc(-c2cc[nH]n2)c(NS(=O)(=O)c2ccsc2)c1. The Morgan fingerprint density at radius 1 is 1.27 bits per heavy atom. The van der Waals surface area contributed by atoms with Crippen LogP contribution in [0.3, 0.4) is 0 Å². The van der Waals surface area contributed by atoms with Gasteiger partial charge in [-0.3, -0.25) is 9.82 Å². The van der Waals surface area contributed by atoms with E-state index in [0.717, 1.165) is 5.56 Å². The zero-order chi connectivity index (χ0) is 15.6. The first-order valence-electron chi connectivity index (χ1n) is 6.48. The minimum Gasteiger partial charge on any atom is -0.326 e. The van der Waals surface area contributed by atoms with Crippen LogP contribution in [0.4, 0.5) is 5.69 Å². The summed E-state index contributed by atoms with van der Waals surface area (Å²) < 4.78 is 27.5. The summed E-state index contributed by atoms with van der Waals surface area (Å²) >= 11 is 1.33. The second-order valence-corrected chi connectivity index (χ2v) is 7.07. The maximum atomic E-state index is 12.4. The standard InChI is InChI=1S/C14H14N4O2S2/c15-8-10-1-2-12(13-3-5-16-17-13)14(7-10)18-22(19,20)11-4-6-21-9-11/h1-7,9,18H,8,15H2,(H,16,17). The lowest BCUT2D eigenvalue weighted by atomic mass is 10.1. The molecule has 0 fully saturated rings. The number of hydrogen-bond donors (Lipinski definition) is 3. The third-order valence-electron chi connectivity index (χ3n) is 3.15. The highest BCUT2D eigenvalue weighted by atomic mass is 32.2. The van der Waals surface area contributed by atoms with Gasteiger partial charge < -0.3 is 5.73 Å². The fourth-order valence-corrected chi connectivity index (χ4v) is 4.14. The van der Waals surface area contributed by atoms with Gasteiger partial charge in [0.2, 0.25) is 0 Å². The minimum atomic E-state index is -3.63. The second-order valence-electron chi connectivity index (χ2n) is 4.61. The molecular weight excluding hydrogens is 320 g/mol. The van der Waals surface area contributed by atoms with Crippen molar-refractivity contribution in [1.29, 1.82) is 0 Å². The van der Waals surface area contributed by atoms with Gasteiger partial charge in [-0.1, -0.05) is 12.1 Å². The summed E-state index contributed by atoms with van der Waals surface area (Å²) in [4.78, 5) is 0.239. The van der Waals surface area contributed by atoms with E-state index in [0.29, 0.717) is 23.5 Å². The number of H-pyrrole nitrogens is 1. The van der Waals surface area contributed by atoms with E-state index in [1.165, 1.54) is 11.3 Å². The topological polar surface area (TPSA) is 101 Å². The molecule has 22 heavy (non-hydrogen) atoms. The zero-order valence-electron chi connectivity index (χ0n) is 11.5. The van der Waals surface area contributed by atoms with E-state index in [4.69, 9.17) is 5.73 Å². The van der Waals surface area contributed by atoms with E-state index in [1.807, 2.05) is 12.1 Å². The van der Waals surface area contributed by atoms with Crippen LogP contribution in [0, 0.1) is 0 Å². The van der Waals surface area contributed by atoms with Crippen molar-refractivity contribution in [3.05, 3.63) is 52.9 Å². The number of thiophene rings is 1. The molecule has 114 valence electrons. The van der Waals surface area contributed by atoms with Gasteiger partial charge in [-0.05, 0) is 29.1 Å². The van der Waals surface area contributed by atoms with Crippen LogP contribution in [0.15, 0.2) is 52.2 Å². The molecule has 0 saturated heterocycles. The molecule has 4 N–H and O–H groups in total. The molecule has 0 aliphatic rings. The second kappa shape index (κ2) is 5.91. The molecule has 1 aromatic carbocycles. The molecule has 0 atom stereocenters. The summed E-state index contributed by atoms with van der Waals surface area (Å²) in [5.74, 6) is 0. The molecule has 0 spiro atoms. The predicted molar refractivity (Wildman–Crippen MR) is 87.0 cm³/mol. The van der Waals surface area contributed by atoms with Crippen molar-refractivity contribution in [2.24, 2.45) is 5.73 Å². The number of aromatic amines is 1. The maximum absolute atomic E-state index is 12.4. The van der Waals surface area contributed by atoms with Gasteiger partial charge in [-0.15, -0.1) is 0 Å². The highest BCUT2D eigenvalue weighted by molar-refractivity contribution is 7.92. The first-order chi connectivity index (χ1) is 10.6. The summed E-state index contributed by atoms with van der Waals surface area (Å²) in [6.45, 7) is 0.327. The number of hydrogen-bond acceptors (Lipinski definition) is 5. The average molecular weight is 334 g/mol. The molecule has 8 heteroatoms. The van der Waals surface area contributed by atoms with E-state index in [-0.39, 0.29) is 4.90 Å². The molecule has 6 nitrogen and oxygen atoms in total. The molecule has 2 heterocycles. The largest absolute Gasteiger partial charge is 0.326 e. The van der Waals surface area contributed by atoms with Crippen LogP contribution in [0.2, 0.25) is 0 Å². The molecule has 3 aromatic rings. The smallest absolute Gasteiger partial charge is 0.262 e. The quantitative estimate of drug-likeness (QED) is 0.667. The molecular formula is C14H14N4O2S2. The maximum Gasteiger partial charge on any atom is 0.262 e. The number of anilines is 1. The highest BCUT2D eigenvalue weighted by Crippen LogP contribution is 2.29. The Bertz CT molecular complexity index is 856. The van der Waals surface area contributed by atoms with Crippen LogP contribution in [-0.2, 0) is 16.6 Å². The van der Waals surface area contributed by atoms with Gasteiger partial charge >= 0.3 is 0 Å². The molecule has 0 aliphatic heterocycles. The van der Waals surface area contributed by atoms with Crippen LogP contribution in [0.5, 0.6) is 0 Å². The van der Waals surface area contributed by atoms with Crippen LogP contribution < -0.4 is 10.5 Å². The third kappa shape index (κ3) is 2.89. The van der Waals surface area contributed by atoms with E-state index >= 15 is 0 Å². The summed E-state index contributed by atoms with van der Waals surface area (Å²) in [6, 6.07) is 8.73. The molecule has 0 radical (unpaired) electrons. The molecule has 0 saturated carbocycles. The van der Waals surface area contributed by atoms with Gasteiger partial charge in [-0.25, -0.2) is 8.42 Å². The normalized spacial score (nSPS) is 11.5. The van der Waals surface area contributed by atoms with E-state index < -0.39 is 10.0 Å². The minimum absolute atomic E-state index is 0.239. The Balaban J connectivity index is 2.05. The lowest BCUT2D eigenvalue weighted by Gasteiger charge is -2.12. The summed E-state index contributed by atoms with van der Waals surface area (Å²) in [6.07, 6.45) is 1.68. The Kier molecular flexibility index (Phi) is 3.97. The summed E-state index contributed by atoms with van der Waals surface area (Å²) in [5, 5.41) is 10.1. The van der Waals surface area contributed by atoms with Gasteiger partial charge in [0.05, 0.1) is 16.3 Å². The zero-order valence-corrected chi connectivity index (χ0v) is 13.1. The van der Waals surface area contributed by atoms with Gasteiger partial charge in [0.15, 0.2) is 0 Å². The summed E-state index contributed by atoms with van der Waals surface area (Å²) in [7, 11) is -3.63. The van der Waals surface area contributed by atoms with E-state index in [2.05, 4.69) is 14.9 Å². The molecule has 3 rings (SSSR count). The number of sulfonamides is 1. The Morgan fingerprint density at radius 2 is 2.14 bits per heavy atom. The number of nitrogens with two attached hydrogens (primary N) is 1. The van der Waals surface area contributed by atoms with E-state index in [1.54, 1.807) is 35.2 Å². The molecule has 0 unspecified atom stereocenters. The number of rotatable bonds is 5. The number of benzene rings is 1. The van der Waals surface area contributed by atoms with Gasteiger partial charge in [0.1, 0.15) is 0 Å². The van der Waals surface area contributed by atoms with Crippen LogP contribution in [0.25, 0.3) is 11.3 Å².